The second kappa shape index (κ2) is 4.22. The summed E-state index contributed by atoms with van der Waals surface area (Å²) in [5.74, 6) is 1.60. The predicted molar refractivity (Wildman–Crippen MR) is 67.6 cm³/mol. The van der Waals surface area contributed by atoms with Crippen LogP contribution in [0.2, 0.25) is 0 Å². The summed E-state index contributed by atoms with van der Waals surface area (Å²) in [6, 6.07) is 3.83. The zero-order valence-corrected chi connectivity index (χ0v) is 10.6. The van der Waals surface area contributed by atoms with Crippen molar-refractivity contribution >= 4 is 33.4 Å². The van der Waals surface area contributed by atoms with Gasteiger partial charge in [-0.15, -0.1) is 0 Å². The van der Waals surface area contributed by atoms with Crippen molar-refractivity contribution in [2.45, 2.75) is 0 Å². The summed E-state index contributed by atoms with van der Waals surface area (Å²) in [4.78, 5) is 4.14. The van der Waals surface area contributed by atoms with Gasteiger partial charge >= 0.3 is 0 Å². The third kappa shape index (κ3) is 1.86. The van der Waals surface area contributed by atoms with Gasteiger partial charge in [0.05, 0.1) is 14.2 Å². The normalized spacial score (nSPS) is 10.3. The molecule has 2 rings (SSSR count). The Labute approximate surface area is 102 Å². The van der Waals surface area contributed by atoms with E-state index in [0.717, 1.165) is 25.8 Å². The van der Waals surface area contributed by atoms with Crippen molar-refractivity contribution in [2.24, 2.45) is 0 Å². The van der Waals surface area contributed by atoms with Crippen LogP contribution in [-0.2, 0) is 0 Å². The first-order chi connectivity index (χ1) is 7.26. The van der Waals surface area contributed by atoms with Crippen molar-refractivity contribution in [1.29, 1.82) is 0 Å². The minimum Gasteiger partial charge on any atom is -0.497 e. The largest absolute Gasteiger partial charge is 0.497 e. The maximum Gasteiger partial charge on any atom is 0.131 e. The minimum absolute atomic E-state index is 0.781. The average molecular weight is 315 g/mol. The SMILES string of the molecule is COc1cc(OC)c2c(I)cncc2c1. The molecule has 0 saturated carbocycles. The molecule has 0 aliphatic rings. The van der Waals surface area contributed by atoms with E-state index in [9.17, 15) is 0 Å². The van der Waals surface area contributed by atoms with Gasteiger partial charge in [0.2, 0.25) is 0 Å². The van der Waals surface area contributed by atoms with Crippen molar-refractivity contribution in [1.82, 2.24) is 4.98 Å². The van der Waals surface area contributed by atoms with Gasteiger partial charge in [-0.1, -0.05) is 0 Å². The number of benzene rings is 1. The van der Waals surface area contributed by atoms with E-state index in [2.05, 4.69) is 27.6 Å². The molecule has 78 valence electrons. The van der Waals surface area contributed by atoms with Crippen molar-refractivity contribution < 1.29 is 9.47 Å². The van der Waals surface area contributed by atoms with Crippen LogP contribution in [0.5, 0.6) is 11.5 Å². The number of fused-ring (bicyclic) bond motifs is 1. The first-order valence-electron chi connectivity index (χ1n) is 4.41. The Kier molecular flexibility index (Phi) is 2.95. The van der Waals surface area contributed by atoms with Gasteiger partial charge in [-0.05, 0) is 28.7 Å². The number of nitrogens with zero attached hydrogens (tertiary/aromatic N) is 1. The topological polar surface area (TPSA) is 31.4 Å². The number of halogens is 1. The van der Waals surface area contributed by atoms with Crippen LogP contribution >= 0.6 is 22.6 Å². The predicted octanol–water partition coefficient (Wildman–Crippen LogP) is 2.86. The van der Waals surface area contributed by atoms with Crippen molar-refractivity contribution in [2.75, 3.05) is 14.2 Å². The first kappa shape index (κ1) is 10.5. The molecule has 0 unspecified atom stereocenters. The first-order valence-corrected chi connectivity index (χ1v) is 5.49. The lowest BCUT2D eigenvalue weighted by Gasteiger charge is -2.09. The molecule has 0 spiro atoms. The highest BCUT2D eigenvalue weighted by atomic mass is 127. The molecular formula is C11H10INO2. The van der Waals surface area contributed by atoms with Crippen molar-refractivity contribution in [3.05, 3.63) is 28.1 Å². The Morgan fingerprint density at radius 2 is 1.93 bits per heavy atom. The van der Waals surface area contributed by atoms with Crippen molar-refractivity contribution in [3.63, 3.8) is 0 Å². The highest BCUT2D eigenvalue weighted by Crippen LogP contribution is 2.33. The van der Waals surface area contributed by atoms with Gasteiger partial charge in [-0.2, -0.15) is 0 Å². The fraction of sp³-hybridized carbons (Fsp3) is 0.182. The Bertz CT molecular complexity index is 499. The molecule has 2 aromatic rings. The van der Waals surface area contributed by atoms with E-state index in [4.69, 9.17) is 9.47 Å². The number of rotatable bonds is 2. The van der Waals surface area contributed by atoms with Gasteiger partial charge in [0.1, 0.15) is 11.5 Å². The number of aromatic nitrogens is 1. The van der Waals surface area contributed by atoms with Gasteiger partial charge < -0.3 is 9.47 Å². The molecule has 0 aliphatic heterocycles. The second-order valence-corrected chi connectivity index (χ2v) is 4.21. The highest BCUT2D eigenvalue weighted by molar-refractivity contribution is 14.1. The molecule has 0 N–H and O–H groups in total. The minimum atomic E-state index is 0.781. The molecule has 1 aromatic carbocycles. The molecule has 0 atom stereocenters. The number of pyridine rings is 1. The van der Waals surface area contributed by atoms with Crippen LogP contribution < -0.4 is 9.47 Å². The molecule has 4 heteroatoms. The molecule has 0 amide bonds. The van der Waals surface area contributed by atoms with Gasteiger partial charge in [-0.25, -0.2) is 0 Å². The van der Waals surface area contributed by atoms with E-state index in [0.29, 0.717) is 0 Å². The van der Waals surface area contributed by atoms with Crippen LogP contribution in [0.4, 0.5) is 0 Å². The van der Waals surface area contributed by atoms with E-state index >= 15 is 0 Å². The summed E-state index contributed by atoms with van der Waals surface area (Å²) >= 11 is 2.25. The number of methoxy groups -OCH3 is 2. The van der Waals surface area contributed by atoms with Crippen LogP contribution in [0.25, 0.3) is 10.8 Å². The van der Waals surface area contributed by atoms with Crippen LogP contribution in [0.15, 0.2) is 24.5 Å². The van der Waals surface area contributed by atoms with Gasteiger partial charge in [0, 0.05) is 32.8 Å². The third-order valence-electron chi connectivity index (χ3n) is 2.20. The molecule has 3 nitrogen and oxygen atoms in total. The van der Waals surface area contributed by atoms with Crippen LogP contribution in [0.1, 0.15) is 0 Å². The van der Waals surface area contributed by atoms with Crippen LogP contribution in [0, 0.1) is 3.57 Å². The lowest BCUT2D eigenvalue weighted by molar-refractivity contribution is 0.398. The average Bonchev–Trinajstić information content (AvgIpc) is 2.27. The fourth-order valence-corrected chi connectivity index (χ4v) is 2.23. The highest BCUT2D eigenvalue weighted by Gasteiger charge is 2.08. The molecule has 0 saturated heterocycles. The zero-order chi connectivity index (χ0) is 10.8. The number of ether oxygens (including phenoxy) is 2. The third-order valence-corrected chi connectivity index (χ3v) is 3.02. The van der Waals surface area contributed by atoms with E-state index in [-0.39, 0.29) is 0 Å². The fourth-order valence-electron chi connectivity index (χ4n) is 1.49. The Morgan fingerprint density at radius 3 is 2.60 bits per heavy atom. The monoisotopic (exact) mass is 315 g/mol. The Balaban J connectivity index is 2.81. The van der Waals surface area contributed by atoms with Gasteiger partial charge in [0.25, 0.3) is 0 Å². The van der Waals surface area contributed by atoms with Gasteiger partial charge in [0.15, 0.2) is 0 Å². The maximum atomic E-state index is 5.34. The van der Waals surface area contributed by atoms with Crippen LogP contribution in [0.3, 0.4) is 0 Å². The molecule has 0 bridgehead atoms. The lowest BCUT2D eigenvalue weighted by atomic mass is 10.1. The maximum absolute atomic E-state index is 5.34. The lowest BCUT2D eigenvalue weighted by Crippen LogP contribution is -1.91. The Hall–Kier alpha value is -1.04. The summed E-state index contributed by atoms with van der Waals surface area (Å²) in [6.45, 7) is 0. The molecule has 15 heavy (non-hydrogen) atoms. The summed E-state index contributed by atoms with van der Waals surface area (Å²) in [5, 5.41) is 2.10. The quantitative estimate of drug-likeness (QED) is 0.799. The van der Waals surface area contributed by atoms with E-state index < -0.39 is 0 Å². The summed E-state index contributed by atoms with van der Waals surface area (Å²) in [5.41, 5.74) is 0. The van der Waals surface area contributed by atoms with E-state index in [1.165, 1.54) is 0 Å². The Morgan fingerprint density at radius 1 is 1.13 bits per heavy atom. The zero-order valence-electron chi connectivity index (χ0n) is 8.45. The standard InChI is InChI=1S/C11H10INO2/c1-14-8-3-7-5-13-6-9(12)11(7)10(4-8)15-2/h3-6H,1-2H3. The number of hydrogen-bond acceptors (Lipinski definition) is 3. The molecule has 1 heterocycles. The van der Waals surface area contributed by atoms with Crippen LogP contribution in [-0.4, -0.2) is 19.2 Å². The molecule has 0 radical (unpaired) electrons. The van der Waals surface area contributed by atoms with E-state index in [1.54, 1.807) is 14.2 Å². The summed E-state index contributed by atoms with van der Waals surface area (Å²) < 4.78 is 11.6. The number of hydrogen-bond donors (Lipinski definition) is 0. The van der Waals surface area contributed by atoms with Crippen molar-refractivity contribution in [3.8, 4) is 11.5 Å². The summed E-state index contributed by atoms with van der Waals surface area (Å²) in [7, 11) is 3.30. The van der Waals surface area contributed by atoms with Gasteiger partial charge in [-0.3, -0.25) is 4.98 Å². The molecular weight excluding hydrogens is 305 g/mol. The molecule has 0 aliphatic carbocycles. The summed E-state index contributed by atoms with van der Waals surface area (Å²) in [6.07, 6.45) is 3.63. The van der Waals surface area contributed by atoms with E-state index in [1.807, 2.05) is 24.5 Å². The smallest absolute Gasteiger partial charge is 0.131 e. The second-order valence-electron chi connectivity index (χ2n) is 3.05. The molecule has 0 fully saturated rings. The molecule has 1 aromatic heterocycles.